The quantitative estimate of drug-likeness (QED) is 0.850. The van der Waals surface area contributed by atoms with Crippen molar-refractivity contribution in [3.05, 3.63) is 35.5 Å². The van der Waals surface area contributed by atoms with Gasteiger partial charge in [-0.1, -0.05) is 18.9 Å². The Bertz CT molecular complexity index is 728. The number of ether oxygens (including phenoxy) is 2. The molecule has 1 aliphatic rings. The van der Waals surface area contributed by atoms with Crippen molar-refractivity contribution in [1.29, 1.82) is 0 Å². The lowest BCUT2D eigenvalue weighted by Crippen LogP contribution is -2.26. The molecule has 1 aromatic carbocycles. The molecule has 2 aromatic rings. The number of hydrogen-bond donors (Lipinski definition) is 1. The van der Waals surface area contributed by atoms with Crippen LogP contribution < -0.4 is 19.7 Å². The Balaban J connectivity index is 1.71. The molecule has 0 aliphatic carbocycles. The van der Waals surface area contributed by atoms with Gasteiger partial charge in [0.2, 0.25) is 5.95 Å². The van der Waals surface area contributed by atoms with Crippen LogP contribution in [0, 0.1) is 6.92 Å². The molecule has 1 N–H and O–H groups in total. The van der Waals surface area contributed by atoms with Crippen LogP contribution >= 0.6 is 0 Å². The molecule has 26 heavy (non-hydrogen) atoms. The van der Waals surface area contributed by atoms with Crippen LogP contribution in [0.3, 0.4) is 0 Å². The second kappa shape index (κ2) is 8.74. The fourth-order valence-electron chi connectivity index (χ4n) is 3.24. The molecule has 1 aliphatic heterocycles. The summed E-state index contributed by atoms with van der Waals surface area (Å²) >= 11 is 0. The Morgan fingerprint density at radius 2 is 1.69 bits per heavy atom. The van der Waals surface area contributed by atoms with E-state index in [9.17, 15) is 0 Å². The molecule has 6 nitrogen and oxygen atoms in total. The summed E-state index contributed by atoms with van der Waals surface area (Å²) in [5, 5.41) is 3.41. The van der Waals surface area contributed by atoms with Crippen LogP contribution in [-0.4, -0.2) is 37.3 Å². The molecule has 1 saturated heterocycles. The SMILES string of the molecule is COc1ccc(CNc2cc(C)nc(N3CCCCCC3)n2)cc1OC. The zero-order chi connectivity index (χ0) is 18.4. The van der Waals surface area contributed by atoms with Crippen LogP contribution in [0.15, 0.2) is 24.3 Å². The van der Waals surface area contributed by atoms with E-state index in [1.807, 2.05) is 31.2 Å². The first-order valence-corrected chi connectivity index (χ1v) is 9.25. The molecule has 0 radical (unpaired) electrons. The molecule has 0 spiro atoms. The molecule has 0 unspecified atom stereocenters. The van der Waals surface area contributed by atoms with Gasteiger partial charge in [0.1, 0.15) is 5.82 Å². The van der Waals surface area contributed by atoms with Crippen LogP contribution in [0.5, 0.6) is 11.5 Å². The van der Waals surface area contributed by atoms with Gasteiger partial charge >= 0.3 is 0 Å². The second-order valence-corrected chi connectivity index (χ2v) is 6.64. The van der Waals surface area contributed by atoms with E-state index in [1.165, 1.54) is 25.7 Å². The minimum absolute atomic E-state index is 0.663. The molecule has 0 atom stereocenters. The van der Waals surface area contributed by atoms with Crippen LogP contribution in [0.4, 0.5) is 11.8 Å². The third kappa shape index (κ3) is 4.56. The average Bonchev–Trinajstić information content (AvgIpc) is 2.95. The first-order valence-electron chi connectivity index (χ1n) is 9.25. The third-order valence-corrected chi connectivity index (χ3v) is 4.65. The number of rotatable bonds is 6. The van der Waals surface area contributed by atoms with Crippen LogP contribution in [0.25, 0.3) is 0 Å². The molecule has 140 valence electrons. The van der Waals surface area contributed by atoms with Crippen LogP contribution in [0.1, 0.15) is 36.9 Å². The number of hydrogen-bond acceptors (Lipinski definition) is 6. The lowest BCUT2D eigenvalue weighted by molar-refractivity contribution is 0.354. The highest BCUT2D eigenvalue weighted by Gasteiger charge is 2.14. The summed E-state index contributed by atoms with van der Waals surface area (Å²) in [5.74, 6) is 3.15. The van der Waals surface area contributed by atoms with E-state index < -0.39 is 0 Å². The summed E-state index contributed by atoms with van der Waals surface area (Å²) in [6.07, 6.45) is 5.02. The molecular weight excluding hydrogens is 328 g/mol. The lowest BCUT2D eigenvalue weighted by Gasteiger charge is -2.21. The number of nitrogens with one attached hydrogen (secondary N) is 1. The molecule has 3 rings (SSSR count). The van der Waals surface area contributed by atoms with Gasteiger partial charge in [0.05, 0.1) is 14.2 Å². The average molecular weight is 356 g/mol. The Morgan fingerprint density at radius 3 is 2.38 bits per heavy atom. The fraction of sp³-hybridized carbons (Fsp3) is 0.500. The highest BCUT2D eigenvalue weighted by molar-refractivity contribution is 5.46. The predicted octanol–water partition coefficient (Wildman–Crippen LogP) is 3.79. The van der Waals surface area contributed by atoms with E-state index >= 15 is 0 Å². The van der Waals surface area contributed by atoms with Crippen LogP contribution in [0.2, 0.25) is 0 Å². The summed E-state index contributed by atoms with van der Waals surface area (Å²) < 4.78 is 10.7. The largest absolute Gasteiger partial charge is 0.493 e. The second-order valence-electron chi connectivity index (χ2n) is 6.64. The molecule has 6 heteroatoms. The Labute approximate surface area is 155 Å². The summed E-state index contributed by atoms with van der Waals surface area (Å²) in [6.45, 7) is 4.76. The van der Waals surface area contributed by atoms with Gasteiger partial charge in [-0.25, -0.2) is 4.98 Å². The summed E-state index contributed by atoms with van der Waals surface area (Å²) in [5.41, 5.74) is 2.09. The van der Waals surface area contributed by atoms with Crippen molar-refractivity contribution < 1.29 is 9.47 Å². The normalized spacial score (nSPS) is 14.7. The molecule has 0 amide bonds. The van der Waals surface area contributed by atoms with Gasteiger partial charge in [-0.15, -0.1) is 0 Å². The number of benzene rings is 1. The summed E-state index contributed by atoms with van der Waals surface area (Å²) in [4.78, 5) is 11.7. The standard InChI is InChI=1S/C20H28N4O2/c1-15-12-19(23-20(22-15)24-10-6-4-5-7-11-24)21-14-16-8-9-17(25-2)18(13-16)26-3/h8-9,12-13H,4-7,10-11,14H2,1-3H3,(H,21,22,23). The fourth-order valence-corrected chi connectivity index (χ4v) is 3.24. The maximum atomic E-state index is 5.37. The van der Waals surface area contributed by atoms with Crippen molar-refractivity contribution >= 4 is 11.8 Å². The monoisotopic (exact) mass is 356 g/mol. The minimum atomic E-state index is 0.663. The van der Waals surface area contributed by atoms with Crippen molar-refractivity contribution in [3.8, 4) is 11.5 Å². The summed E-state index contributed by atoms with van der Waals surface area (Å²) in [6, 6.07) is 7.92. The van der Waals surface area contributed by atoms with E-state index in [4.69, 9.17) is 14.5 Å². The van der Waals surface area contributed by atoms with E-state index in [-0.39, 0.29) is 0 Å². The predicted molar refractivity (Wildman–Crippen MR) is 104 cm³/mol. The maximum Gasteiger partial charge on any atom is 0.227 e. The first-order chi connectivity index (χ1) is 12.7. The molecule has 1 aromatic heterocycles. The number of anilines is 2. The van der Waals surface area contributed by atoms with Gasteiger partial charge in [0.25, 0.3) is 0 Å². The van der Waals surface area contributed by atoms with Gasteiger partial charge in [-0.2, -0.15) is 4.98 Å². The van der Waals surface area contributed by atoms with E-state index in [0.717, 1.165) is 47.6 Å². The minimum Gasteiger partial charge on any atom is -0.493 e. The Hall–Kier alpha value is -2.50. The Kier molecular flexibility index (Phi) is 6.15. The zero-order valence-electron chi connectivity index (χ0n) is 15.9. The van der Waals surface area contributed by atoms with Crippen molar-refractivity contribution in [3.63, 3.8) is 0 Å². The summed E-state index contributed by atoms with van der Waals surface area (Å²) in [7, 11) is 3.29. The molecule has 2 heterocycles. The maximum absolute atomic E-state index is 5.37. The van der Waals surface area contributed by atoms with Crippen molar-refractivity contribution in [2.45, 2.75) is 39.2 Å². The lowest BCUT2D eigenvalue weighted by atomic mass is 10.2. The Morgan fingerprint density at radius 1 is 0.962 bits per heavy atom. The van der Waals surface area contributed by atoms with Crippen molar-refractivity contribution in [1.82, 2.24) is 9.97 Å². The van der Waals surface area contributed by atoms with Crippen molar-refractivity contribution in [2.75, 3.05) is 37.5 Å². The van der Waals surface area contributed by atoms with Gasteiger partial charge < -0.3 is 19.7 Å². The van der Waals surface area contributed by atoms with Gasteiger partial charge in [0.15, 0.2) is 11.5 Å². The molecular formula is C20H28N4O2. The molecule has 1 fully saturated rings. The highest BCUT2D eigenvalue weighted by Crippen LogP contribution is 2.28. The smallest absolute Gasteiger partial charge is 0.227 e. The van der Waals surface area contributed by atoms with E-state index in [1.54, 1.807) is 14.2 Å². The van der Waals surface area contributed by atoms with Crippen LogP contribution in [-0.2, 0) is 6.54 Å². The topological polar surface area (TPSA) is 59.5 Å². The van der Waals surface area contributed by atoms with E-state index in [2.05, 4.69) is 15.2 Å². The number of methoxy groups -OCH3 is 2. The number of aromatic nitrogens is 2. The first kappa shape index (κ1) is 18.3. The van der Waals surface area contributed by atoms with E-state index in [0.29, 0.717) is 6.54 Å². The highest BCUT2D eigenvalue weighted by atomic mass is 16.5. The molecule has 0 bridgehead atoms. The zero-order valence-corrected chi connectivity index (χ0v) is 15.9. The van der Waals surface area contributed by atoms with Gasteiger partial charge in [-0.05, 0) is 37.5 Å². The van der Waals surface area contributed by atoms with Crippen molar-refractivity contribution in [2.24, 2.45) is 0 Å². The molecule has 0 saturated carbocycles. The van der Waals surface area contributed by atoms with Gasteiger partial charge in [0, 0.05) is 31.4 Å². The number of nitrogens with zero attached hydrogens (tertiary/aromatic N) is 3. The third-order valence-electron chi connectivity index (χ3n) is 4.65. The number of aryl methyl sites for hydroxylation is 1. The van der Waals surface area contributed by atoms with Gasteiger partial charge in [-0.3, -0.25) is 0 Å².